The topological polar surface area (TPSA) is 43.8 Å². The minimum atomic E-state index is -4.42. The van der Waals surface area contributed by atoms with Gasteiger partial charge in [-0.15, -0.1) is 0 Å². The van der Waals surface area contributed by atoms with Crippen molar-refractivity contribution in [1.29, 1.82) is 0 Å². The number of imidazole rings is 1. The highest BCUT2D eigenvalue weighted by Gasteiger charge is 2.34. The summed E-state index contributed by atoms with van der Waals surface area (Å²) in [6, 6.07) is 5.28. The van der Waals surface area contributed by atoms with Gasteiger partial charge in [-0.25, -0.2) is 4.98 Å². The van der Waals surface area contributed by atoms with Gasteiger partial charge < -0.3 is 10.3 Å². The van der Waals surface area contributed by atoms with Crippen LogP contribution in [0.25, 0.3) is 11.3 Å². The van der Waals surface area contributed by atoms with Crippen LogP contribution in [0, 0.1) is 6.92 Å². The van der Waals surface area contributed by atoms with Crippen molar-refractivity contribution < 1.29 is 13.2 Å². The summed E-state index contributed by atoms with van der Waals surface area (Å²) in [5.74, 6) is 0.795. The first-order valence-electron chi connectivity index (χ1n) is 5.27. The number of hydrogen-bond donors (Lipinski definition) is 1. The fraction of sp³-hybridized carbons (Fsp3) is 0.250. The molecule has 0 aliphatic rings. The lowest BCUT2D eigenvalue weighted by atomic mass is 10.0. The van der Waals surface area contributed by atoms with Crippen molar-refractivity contribution >= 4 is 5.82 Å². The predicted octanol–water partition coefficient (Wildman–Crippen LogP) is 3.00. The smallest absolute Gasteiger partial charge is 0.383 e. The fourth-order valence-corrected chi connectivity index (χ4v) is 1.76. The second-order valence-electron chi connectivity index (χ2n) is 4.00. The Bertz CT molecular complexity index is 585. The summed E-state index contributed by atoms with van der Waals surface area (Å²) in [5.41, 5.74) is 5.23. The van der Waals surface area contributed by atoms with Crippen molar-refractivity contribution in [2.45, 2.75) is 13.1 Å². The third kappa shape index (κ3) is 1.94. The number of nitrogens with zero attached hydrogens (tertiary/aromatic N) is 2. The zero-order valence-electron chi connectivity index (χ0n) is 9.92. The second-order valence-corrected chi connectivity index (χ2v) is 4.00. The maximum Gasteiger partial charge on any atom is 0.417 e. The fourth-order valence-electron chi connectivity index (χ4n) is 1.76. The Morgan fingerprint density at radius 2 is 1.83 bits per heavy atom. The van der Waals surface area contributed by atoms with Crippen molar-refractivity contribution in [3.8, 4) is 11.3 Å². The molecular formula is C12H12F3N3. The second kappa shape index (κ2) is 4.04. The number of nitrogens with two attached hydrogens (primary N) is 1. The lowest BCUT2D eigenvalue weighted by Crippen LogP contribution is -2.07. The standard InChI is InChI=1S/C12H12F3N3/c1-7-17-10(11(16)18(7)2)8-5-3-4-6-9(8)12(13,14)15/h3-6H,16H2,1-2H3. The first kappa shape index (κ1) is 12.5. The van der Waals surface area contributed by atoms with E-state index in [4.69, 9.17) is 5.73 Å². The van der Waals surface area contributed by atoms with Crippen LogP contribution in [-0.4, -0.2) is 9.55 Å². The molecule has 96 valence electrons. The molecule has 18 heavy (non-hydrogen) atoms. The Morgan fingerprint density at radius 1 is 1.22 bits per heavy atom. The normalized spacial score (nSPS) is 11.8. The Morgan fingerprint density at radius 3 is 2.33 bits per heavy atom. The van der Waals surface area contributed by atoms with Gasteiger partial charge in [-0.2, -0.15) is 13.2 Å². The molecule has 0 bridgehead atoms. The van der Waals surface area contributed by atoms with Gasteiger partial charge in [0.1, 0.15) is 17.3 Å². The minimum Gasteiger partial charge on any atom is -0.383 e. The largest absolute Gasteiger partial charge is 0.417 e. The first-order valence-corrected chi connectivity index (χ1v) is 5.27. The average Bonchev–Trinajstić information content (AvgIpc) is 2.56. The Kier molecular flexibility index (Phi) is 2.80. The molecule has 0 saturated carbocycles. The van der Waals surface area contributed by atoms with E-state index in [2.05, 4.69) is 4.98 Å². The van der Waals surface area contributed by atoms with Gasteiger partial charge in [0.25, 0.3) is 0 Å². The number of aryl methyl sites for hydroxylation is 1. The van der Waals surface area contributed by atoms with Crippen molar-refractivity contribution in [3.05, 3.63) is 35.7 Å². The van der Waals surface area contributed by atoms with Crippen LogP contribution in [0.1, 0.15) is 11.4 Å². The predicted molar refractivity (Wildman–Crippen MR) is 62.8 cm³/mol. The number of alkyl halides is 3. The van der Waals surface area contributed by atoms with E-state index in [9.17, 15) is 13.2 Å². The van der Waals surface area contributed by atoms with Crippen molar-refractivity contribution in [2.24, 2.45) is 7.05 Å². The number of hydrogen-bond acceptors (Lipinski definition) is 2. The zero-order chi connectivity index (χ0) is 13.5. The molecule has 1 heterocycles. The van der Waals surface area contributed by atoms with E-state index >= 15 is 0 Å². The molecule has 0 spiro atoms. The molecule has 1 aromatic heterocycles. The highest BCUT2D eigenvalue weighted by Crippen LogP contribution is 2.38. The van der Waals surface area contributed by atoms with Crippen LogP contribution in [0.3, 0.4) is 0 Å². The van der Waals surface area contributed by atoms with E-state index in [-0.39, 0.29) is 17.1 Å². The van der Waals surface area contributed by atoms with Crippen molar-refractivity contribution in [3.63, 3.8) is 0 Å². The van der Waals surface area contributed by atoms with Crippen LogP contribution >= 0.6 is 0 Å². The summed E-state index contributed by atoms with van der Waals surface area (Å²) in [4.78, 5) is 4.09. The van der Waals surface area contributed by atoms with Gasteiger partial charge in [-0.05, 0) is 13.0 Å². The summed E-state index contributed by atoms with van der Waals surface area (Å²) < 4.78 is 40.3. The molecule has 0 saturated heterocycles. The van der Waals surface area contributed by atoms with E-state index in [1.165, 1.54) is 18.2 Å². The van der Waals surface area contributed by atoms with E-state index in [0.717, 1.165) is 6.07 Å². The molecule has 2 aromatic rings. The first-order chi connectivity index (χ1) is 8.32. The maximum absolute atomic E-state index is 12.9. The SMILES string of the molecule is Cc1nc(-c2ccccc2C(F)(F)F)c(N)n1C. The molecule has 1 aromatic carbocycles. The summed E-state index contributed by atoms with van der Waals surface area (Å²) in [7, 11) is 1.66. The molecule has 0 fully saturated rings. The lowest BCUT2D eigenvalue weighted by Gasteiger charge is -2.11. The van der Waals surface area contributed by atoms with Gasteiger partial charge in [0.05, 0.1) is 5.56 Å². The number of halogens is 3. The summed E-state index contributed by atoms with van der Waals surface area (Å²) in [6.45, 7) is 1.69. The van der Waals surface area contributed by atoms with Crippen LogP contribution in [0.2, 0.25) is 0 Å². The van der Waals surface area contributed by atoms with Crippen molar-refractivity contribution in [2.75, 3.05) is 5.73 Å². The quantitative estimate of drug-likeness (QED) is 0.851. The molecule has 2 N–H and O–H groups in total. The molecule has 0 atom stereocenters. The number of rotatable bonds is 1. The molecule has 0 amide bonds. The monoisotopic (exact) mass is 255 g/mol. The van der Waals surface area contributed by atoms with E-state index in [0.29, 0.717) is 5.82 Å². The van der Waals surface area contributed by atoms with Crippen LogP contribution < -0.4 is 5.73 Å². The van der Waals surface area contributed by atoms with Crippen LogP contribution in [0.4, 0.5) is 19.0 Å². The molecule has 0 aliphatic heterocycles. The van der Waals surface area contributed by atoms with Crippen LogP contribution in [0.5, 0.6) is 0 Å². The third-order valence-corrected chi connectivity index (χ3v) is 2.85. The molecule has 3 nitrogen and oxygen atoms in total. The van der Waals surface area contributed by atoms with E-state index < -0.39 is 11.7 Å². The Hall–Kier alpha value is -1.98. The molecule has 0 radical (unpaired) electrons. The number of nitrogen functional groups attached to an aromatic ring is 1. The number of aromatic nitrogens is 2. The van der Waals surface area contributed by atoms with Gasteiger partial charge in [0.15, 0.2) is 0 Å². The lowest BCUT2D eigenvalue weighted by molar-refractivity contribution is -0.137. The minimum absolute atomic E-state index is 0.00574. The Labute approximate surface area is 102 Å². The molecule has 0 aliphatic carbocycles. The van der Waals surface area contributed by atoms with Gasteiger partial charge >= 0.3 is 6.18 Å². The van der Waals surface area contributed by atoms with E-state index in [1.807, 2.05) is 0 Å². The van der Waals surface area contributed by atoms with Gasteiger partial charge in [0.2, 0.25) is 0 Å². The molecular weight excluding hydrogens is 243 g/mol. The maximum atomic E-state index is 12.9. The van der Waals surface area contributed by atoms with Gasteiger partial charge in [0, 0.05) is 12.6 Å². The summed E-state index contributed by atoms with van der Waals surface area (Å²) in [6.07, 6.45) is -4.42. The highest BCUT2D eigenvalue weighted by molar-refractivity contribution is 5.74. The third-order valence-electron chi connectivity index (χ3n) is 2.85. The number of anilines is 1. The van der Waals surface area contributed by atoms with E-state index in [1.54, 1.807) is 18.5 Å². The zero-order valence-corrected chi connectivity index (χ0v) is 9.92. The van der Waals surface area contributed by atoms with Crippen LogP contribution in [-0.2, 0) is 13.2 Å². The van der Waals surface area contributed by atoms with Gasteiger partial charge in [-0.1, -0.05) is 18.2 Å². The van der Waals surface area contributed by atoms with Crippen molar-refractivity contribution in [1.82, 2.24) is 9.55 Å². The molecule has 0 unspecified atom stereocenters. The summed E-state index contributed by atoms with van der Waals surface area (Å²) >= 11 is 0. The molecule has 6 heteroatoms. The Balaban J connectivity index is 2.68. The average molecular weight is 255 g/mol. The summed E-state index contributed by atoms with van der Waals surface area (Å²) in [5, 5.41) is 0. The number of benzene rings is 1. The van der Waals surface area contributed by atoms with Gasteiger partial charge in [-0.3, -0.25) is 0 Å². The molecule has 2 rings (SSSR count). The van der Waals surface area contributed by atoms with Crippen LogP contribution in [0.15, 0.2) is 24.3 Å². The highest BCUT2D eigenvalue weighted by atomic mass is 19.4.